The molecule has 1 unspecified atom stereocenters. The first-order chi connectivity index (χ1) is 6.59. The molecule has 3 N–H and O–H groups in total. The lowest BCUT2D eigenvalue weighted by molar-refractivity contribution is -0.384. The first kappa shape index (κ1) is 10.5. The van der Waals surface area contributed by atoms with E-state index in [-0.39, 0.29) is 11.7 Å². The maximum absolute atomic E-state index is 10.4. The fourth-order valence-corrected chi connectivity index (χ4v) is 1.01. The minimum absolute atomic E-state index is 0.0225. The summed E-state index contributed by atoms with van der Waals surface area (Å²) in [6.45, 7) is 2.46. The van der Waals surface area contributed by atoms with Gasteiger partial charge in [0.2, 0.25) is 0 Å². The van der Waals surface area contributed by atoms with Gasteiger partial charge in [0.25, 0.3) is 5.69 Å². The maximum atomic E-state index is 10.4. The number of nitrogens with one attached hydrogen (secondary N) is 1. The normalized spacial score (nSPS) is 12.1. The molecule has 5 heteroatoms. The third-order valence-electron chi connectivity index (χ3n) is 1.69. The smallest absolute Gasteiger partial charge is 0.271 e. The Morgan fingerprint density at radius 2 is 2.36 bits per heavy atom. The number of hydrogen-bond acceptors (Lipinski definition) is 4. The van der Waals surface area contributed by atoms with Crippen molar-refractivity contribution in [1.82, 2.24) is 0 Å². The summed E-state index contributed by atoms with van der Waals surface area (Å²) in [6.07, 6.45) is 0. The highest BCUT2D eigenvalue weighted by Gasteiger charge is 2.05. The Labute approximate surface area is 82.1 Å². The second-order valence-electron chi connectivity index (χ2n) is 3.17. The molecule has 0 aromatic heterocycles. The number of nitro benzene ring substituents is 1. The van der Waals surface area contributed by atoms with Gasteiger partial charge in [0.1, 0.15) is 0 Å². The van der Waals surface area contributed by atoms with Gasteiger partial charge in [0.05, 0.1) is 4.92 Å². The highest BCUT2D eigenvalue weighted by Crippen LogP contribution is 2.16. The molecule has 0 spiro atoms. The Bertz CT molecular complexity index is 326. The van der Waals surface area contributed by atoms with E-state index in [4.69, 9.17) is 5.73 Å². The van der Waals surface area contributed by atoms with Gasteiger partial charge in [-0.05, 0) is 13.0 Å². The van der Waals surface area contributed by atoms with E-state index in [1.165, 1.54) is 12.1 Å². The lowest BCUT2D eigenvalue weighted by atomic mass is 10.2. The number of rotatable bonds is 4. The highest BCUT2D eigenvalue weighted by atomic mass is 16.6. The summed E-state index contributed by atoms with van der Waals surface area (Å²) in [4.78, 5) is 10.0. The van der Waals surface area contributed by atoms with Crippen molar-refractivity contribution in [3.05, 3.63) is 34.4 Å². The van der Waals surface area contributed by atoms with E-state index in [0.29, 0.717) is 6.54 Å². The Balaban J connectivity index is 2.69. The van der Waals surface area contributed by atoms with Crippen molar-refractivity contribution in [3.63, 3.8) is 0 Å². The Morgan fingerprint density at radius 1 is 1.64 bits per heavy atom. The van der Waals surface area contributed by atoms with Gasteiger partial charge in [-0.1, -0.05) is 6.07 Å². The third-order valence-corrected chi connectivity index (χ3v) is 1.69. The van der Waals surface area contributed by atoms with Crippen molar-refractivity contribution in [2.75, 3.05) is 11.9 Å². The first-order valence-electron chi connectivity index (χ1n) is 4.33. The summed E-state index contributed by atoms with van der Waals surface area (Å²) in [5.74, 6) is 0. The van der Waals surface area contributed by atoms with Gasteiger partial charge in [-0.2, -0.15) is 0 Å². The molecule has 0 aliphatic carbocycles. The van der Waals surface area contributed by atoms with Crippen LogP contribution < -0.4 is 11.1 Å². The Kier molecular flexibility index (Phi) is 3.41. The van der Waals surface area contributed by atoms with Gasteiger partial charge >= 0.3 is 0 Å². The topological polar surface area (TPSA) is 81.2 Å². The van der Waals surface area contributed by atoms with Crippen molar-refractivity contribution >= 4 is 11.4 Å². The monoisotopic (exact) mass is 195 g/mol. The molecule has 0 fully saturated rings. The zero-order valence-electron chi connectivity index (χ0n) is 7.93. The van der Waals surface area contributed by atoms with Crippen molar-refractivity contribution < 1.29 is 4.92 Å². The molecule has 14 heavy (non-hydrogen) atoms. The van der Waals surface area contributed by atoms with E-state index >= 15 is 0 Å². The highest BCUT2D eigenvalue weighted by molar-refractivity contribution is 5.50. The molecule has 0 saturated carbocycles. The average Bonchev–Trinajstić information content (AvgIpc) is 2.15. The predicted molar refractivity (Wildman–Crippen MR) is 55.2 cm³/mol. The Hall–Kier alpha value is -1.62. The van der Waals surface area contributed by atoms with E-state index in [2.05, 4.69) is 5.32 Å². The molecule has 0 amide bonds. The molecule has 0 aliphatic heterocycles. The zero-order chi connectivity index (χ0) is 10.6. The molecule has 5 nitrogen and oxygen atoms in total. The quantitative estimate of drug-likeness (QED) is 0.561. The van der Waals surface area contributed by atoms with Gasteiger partial charge in [0, 0.05) is 30.4 Å². The number of nitrogens with two attached hydrogens (primary N) is 1. The summed E-state index contributed by atoms with van der Waals surface area (Å²) in [7, 11) is 0. The molecule has 0 radical (unpaired) electrons. The standard InChI is InChI=1S/C9H13N3O2/c1-7(10)6-11-8-3-2-4-9(5-8)12(13)14/h2-5,7,11H,6,10H2,1H3. The van der Waals surface area contributed by atoms with Crippen LogP contribution in [-0.4, -0.2) is 17.5 Å². The third kappa shape index (κ3) is 3.02. The molecular weight excluding hydrogens is 182 g/mol. The van der Waals surface area contributed by atoms with Gasteiger partial charge < -0.3 is 11.1 Å². The number of nitrogens with zero attached hydrogens (tertiary/aromatic N) is 1. The van der Waals surface area contributed by atoms with Crippen LogP contribution in [-0.2, 0) is 0 Å². The molecule has 76 valence electrons. The summed E-state index contributed by atoms with van der Waals surface area (Å²) < 4.78 is 0. The number of benzene rings is 1. The van der Waals surface area contributed by atoms with Crippen molar-refractivity contribution in [1.29, 1.82) is 0 Å². The summed E-state index contributed by atoms with van der Waals surface area (Å²) >= 11 is 0. The van der Waals surface area contributed by atoms with Crippen LogP contribution in [0, 0.1) is 10.1 Å². The SMILES string of the molecule is CC(N)CNc1cccc([N+](=O)[O-])c1. The van der Waals surface area contributed by atoms with Crippen LogP contribution in [0.15, 0.2) is 24.3 Å². The van der Waals surface area contributed by atoms with E-state index in [0.717, 1.165) is 5.69 Å². The van der Waals surface area contributed by atoms with Gasteiger partial charge in [-0.3, -0.25) is 10.1 Å². The molecule has 0 aliphatic rings. The second kappa shape index (κ2) is 4.57. The molecule has 0 bridgehead atoms. The van der Waals surface area contributed by atoms with Crippen LogP contribution in [0.4, 0.5) is 11.4 Å². The maximum Gasteiger partial charge on any atom is 0.271 e. The molecule has 1 aromatic carbocycles. The van der Waals surface area contributed by atoms with Gasteiger partial charge in [-0.25, -0.2) is 0 Å². The lowest BCUT2D eigenvalue weighted by Gasteiger charge is -2.08. The number of non-ortho nitro benzene ring substituents is 1. The molecule has 0 saturated heterocycles. The number of nitro groups is 1. The fourth-order valence-electron chi connectivity index (χ4n) is 1.01. The lowest BCUT2D eigenvalue weighted by Crippen LogP contribution is -2.25. The predicted octanol–water partition coefficient (Wildman–Crippen LogP) is 1.35. The van der Waals surface area contributed by atoms with Gasteiger partial charge in [-0.15, -0.1) is 0 Å². The molecule has 0 heterocycles. The second-order valence-corrected chi connectivity index (χ2v) is 3.17. The summed E-state index contributed by atoms with van der Waals surface area (Å²) in [5.41, 5.74) is 6.34. The largest absolute Gasteiger partial charge is 0.383 e. The van der Waals surface area contributed by atoms with Crippen LogP contribution in [0.5, 0.6) is 0 Å². The van der Waals surface area contributed by atoms with Crippen LogP contribution in [0.3, 0.4) is 0 Å². The summed E-state index contributed by atoms with van der Waals surface area (Å²) in [5, 5.41) is 13.5. The first-order valence-corrected chi connectivity index (χ1v) is 4.33. The molecular formula is C9H13N3O2. The number of anilines is 1. The fraction of sp³-hybridized carbons (Fsp3) is 0.333. The number of hydrogen-bond donors (Lipinski definition) is 2. The minimum Gasteiger partial charge on any atom is -0.383 e. The van der Waals surface area contributed by atoms with Crippen molar-refractivity contribution in [2.24, 2.45) is 5.73 Å². The molecule has 1 atom stereocenters. The van der Waals surface area contributed by atoms with Crippen molar-refractivity contribution in [3.8, 4) is 0 Å². The Morgan fingerprint density at radius 3 is 2.93 bits per heavy atom. The van der Waals surface area contributed by atoms with Crippen molar-refractivity contribution in [2.45, 2.75) is 13.0 Å². The van der Waals surface area contributed by atoms with E-state index < -0.39 is 4.92 Å². The van der Waals surface area contributed by atoms with E-state index in [1.54, 1.807) is 12.1 Å². The van der Waals surface area contributed by atoms with Crippen LogP contribution in [0.1, 0.15) is 6.92 Å². The summed E-state index contributed by atoms with van der Waals surface area (Å²) in [6, 6.07) is 6.38. The van der Waals surface area contributed by atoms with Crippen LogP contribution >= 0.6 is 0 Å². The van der Waals surface area contributed by atoms with E-state index in [9.17, 15) is 10.1 Å². The minimum atomic E-state index is -0.420. The molecule has 1 rings (SSSR count). The van der Waals surface area contributed by atoms with Gasteiger partial charge in [0.15, 0.2) is 0 Å². The van der Waals surface area contributed by atoms with Crippen LogP contribution in [0.25, 0.3) is 0 Å². The average molecular weight is 195 g/mol. The zero-order valence-corrected chi connectivity index (χ0v) is 7.93. The van der Waals surface area contributed by atoms with Crippen LogP contribution in [0.2, 0.25) is 0 Å². The molecule has 1 aromatic rings. The van der Waals surface area contributed by atoms with E-state index in [1.807, 2.05) is 6.92 Å².